The molecule has 2 aliphatic carbocycles. The van der Waals surface area contributed by atoms with Crippen molar-refractivity contribution in [1.29, 1.82) is 5.26 Å². The molecular formula is C28H34F3N7O4. The van der Waals surface area contributed by atoms with Gasteiger partial charge in [0.05, 0.1) is 30.4 Å². The summed E-state index contributed by atoms with van der Waals surface area (Å²) in [5, 5.41) is 17.9. The second-order valence-corrected chi connectivity index (χ2v) is 10.9. The number of rotatable bonds is 6. The maximum atomic E-state index is 11.9. The Labute approximate surface area is 241 Å². The Kier molecular flexibility index (Phi) is 10.2. The summed E-state index contributed by atoms with van der Waals surface area (Å²) in [5.74, 6) is 0.838. The van der Waals surface area contributed by atoms with E-state index in [0.717, 1.165) is 0 Å². The number of carbonyl (C=O) groups excluding carboxylic acids is 3. The van der Waals surface area contributed by atoms with Crippen LogP contribution in [0.1, 0.15) is 50.4 Å². The number of piperidine rings is 1. The first-order valence-electron chi connectivity index (χ1n) is 13.3. The van der Waals surface area contributed by atoms with Crippen LogP contribution in [0, 0.1) is 40.9 Å². The highest BCUT2D eigenvalue weighted by molar-refractivity contribution is 5.88. The molecule has 3 fully saturated rings. The summed E-state index contributed by atoms with van der Waals surface area (Å²) < 4.78 is 42.3. The minimum Gasteiger partial charge on any atom is -0.381 e. The van der Waals surface area contributed by atoms with E-state index < -0.39 is 30.6 Å². The molecule has 1 aliphatic heterocycles. The van der Waals surface area contributed by atoms with E-state index in [4.69, 9.17) is 16.4 Å². The molecule has 0 aromatic carbocycles. The Morgan fingerprint density at radius 1 is 1.29 bits per heavy atom. The van der Waals surface area contributed by atoms with Gasteiger partial charge in [-0.2, -0.15) is 23.5 Å². The Bertz CT molecular complexity index is 1370. The van der Waals surface area contributed by atoms with Crippen LogP contribution >= 0.6 is 0 Å². The molecule has 0 radical (unpaired) electrons. The van der Waals surface area contributed by atoms with Crippen LogP contribution in [0.5, 0.6) is 0 Å². The van der Waals surface area contributed by atoms with Crippen molar-refractivity contribution in [3.05, 3.63) is 23.7 Å². The number of nitrogens with one attached hydrogen (secondary N) is 2. The molecule has 0 spiro atoms. The van der Waals surface area contributed by atoms with Crippen LogP contribution in [0.4, 0.5) is 13.2 Å². The molecule has 1 unspecified atom stereocenters. The number of aryl methyl sites for hydroxylation is 1. The van der Waals surface area contributed by atoms with Crippen LogP contribution in [-0.4, -0.2) is 76.9 Å². The van der Waals surface area contributed by atoms with Crippen molar-refractivity contribution in [1.82, 2.24) is 30.3 Å². The number of nitrogens with zero attached hydrogens (tertiary/aromatic N) is 5. The molecule has 3 heterocycles. The maximum Gasteiger partial charge on any atom is 0.471 e. The maximum absolute atomic E-state index is 11.9. The number of hydrogen-bond acceptors (Lipinski definition) is 7. The van der Waals surface area contributed by atoms with Gasteiger partial charge >= 0.3 is 12.1 Å². The summed E-state index contributed by atoms with van der Waals surface area (Å²) in [6, 6.07) is 1.19. The summed E-state index contributed by atoms with van der Waals surface area (Å²) in [5.41, 5.74) is 1.93. The van der Waals surface area contributed by atoms with Crippen LogP contribution in [0.2, 0.25) is 0 Å². The van der Waals surface area contributed by atoms with Crippen molar-refractivity contribution in [3.63, 3.8) is 0 Å². The van der Waals surface area contributed by atoms with Gasteiger partial charge in [0, 0.05) is 44.4 Å². The molecule has 226 valence electrons. The molecule has 3 atom stereocenters. The van der Waals surface area contributed by atoms with Crippen molar-refractivity contribution in [3.8, 4) is 18.4 Å². The molecule has 0 bridgehead atoms. The molecule has 1 saturated heterocycles. The Balaban J connectivity index is 0.000000192. The number of likely N-dealkylation sites (tertiary alicyclic amines) is 1. The number of aromatic nitrogens is 3. The number of nitriles is 1. The average Bonchev–Trinajstić information content (AvgIpc) is 3.28. The molecule has 11 nitrogen and oxygen atoms in total. The normalized spacial score (nSPS) is 20.6. The van der Waals surface area contributed by atoms with Gasteiger partial charge in [-0.3, -0.25) is 24.0 Å². The second kappa shape index (κ2) is 13.2. The first-order valence-corrected chi connectivity index (χ1v) is 13.3. The molecule has 2 N–H and O–H groups in total. The van der Waals surface area contributed by atoms with Gasteiger partial charge in [-0.1, -0.05) is 13.8 Å². The highest BCUT2D eigenvalue weighted by Gasteiger charge is 2.62. The van der Waals surface area contributed by atoms with Crippen molar-refractivity contribution in [2.45, 2.75) is 51.4 Å². The van der Waals surface area contributed by atoms with E-state index in [1.807, 2.05) is 6.07 Å². The lowest BCUT2D eigenvalue weighted by Gasteiger charge is -2.22. The molecule has 2 aromatic rings. The Hall–Kier alpha value is -4.17. The third kappa shape index (κ3) is 7.18. The van der Waals surface area contributed by atoms with E-state index in [1.54, 1.807) is 30.4 Å². The van der Waals surface area contributed by atoms with E-state index in [-0.39, 0.29) is 5.41 Å². The third-order valence-corrected chi connectivity index (χ3v) is 8.12. The summed E-state index contributed by atoms with van der Waals surface area (Å²) in [4.78, 5) is 38.2. The van der Waals surface area contributed by atoms with E-state index >= 15 is 0 Å². The van der Waals surface area contributed by atoms with Gasteiger partial charge in [-0.05, 0) is 42.4 Å². The van der Waals surface area contributed by atoms with Crippen molar-refractivity contribution in [2.75, 3.05) is 26.7 Å². The SMILES string of the molecule is C#Cc1nn(C)c2cncc(C(C#N)NC=O)c12.CC1(C)[C@@H]2CN(C(=O)CNC(=O)C(F)(F)F)C[C@@H]21.COC1CCC1. The average molecular weight is 590 g/mol. The van der Waals surface area contributed by atoms with Gasteiger partial charge in [0.15, 0.2) is 0 Å². The third-order valence-electron chi connectivity index (χ3n) is 8.12. The first-order chi connectivity index (χ1) is 19.8. The fourth-order valence-electron chi connectivity index (χ4n) is 5.12. The highest BCUT2D eigenvalue weighted by atomic mass is 19.4. The van der Waals surface area contributed by atoms with E-state index in [0.29, 0.717) is 59.6 Å². The van der Waals surface area contributed by atoms with Gasteiger partial charge in [-0.25, -0.2) is 0 Å². The van der Waals surface area contributed by atoms with E-state index in [2.05, 4.69) is 35.2 Å². The van der Waals surface area contributed by atoms with Gasteiger partial charge in [0.25, 0.3) is 0 Å². The lowest BCUT2D eigenvalue weighted by Crippen LogP contribution is -2.44. The number of alkyl halides is 3. The number of terminal acetylenes is 1. The van der Waals surface area contributed by atoms with Crippen LogP contribution < -0.4 is 10.6 Å². The van der Waals surface area contributed by atoms with Crippen LogP contribution in [0.3, 0.4) is 0 Å². The van der Waals surface area contributed by atoms with Gasteiger partial charge < -0.3 is 20.3 Å². The van der Waals surface area contributed by atoms with Crippen LogP contribution in [0.15, 0.2) is 12.4 Å². The van der Waals surface area contributed by atoms with Crippen molar-refractivity contribution in [2.24, 2.45) is 24.3 Å². The molecular weight excluding hydrogens is 555 g/mol. The number of methoxy groups -OCH3 is 1. The number of halogens is 3. The lowest BCUT2D eigenvalue weighted by atomic mass is 9.96. The summed E-state index contributed by atoms with van der Waals surface area (Å²) >= 11 is 0. The number of ether oxygens (including phenoxy) is 1. The van der Waals surface area contributed by atoms with Gasteiger partial charge in [0.2, 0.25) is 12.3 Å². The molecule has 3 aliphatic rings. The molecule has 3 amide bonds. The second-order valence-electron chi connectivity index (χ2n) is 10.9. The van der Waals surface area contributed by atoms with Crippen LogP contribution in [-0.2, 0) is 26.2 Å². The standard InChI is InChI=1S/C12H9N5O.C11H15F3N2O2.C5H10O/c1-3-9-12-8(10(4-13)15-7-18)5-14-6-11(12)17(2)16-9;1-10(2)6-4-16(5-7(6)10)8(17)3-15-9(18)11(12,13)14;1-6-5-3-2-4-5/h1,5-7,10H,2H3,(H,15,18);6-7H,3-5H2,1-2H3,(H,15,18);5H,2-4H2,1H3/t;6-,7+;. The summed E-state index contributed by atoms with van der Waals surface area (Å²) in [7, 11) is 3.52. The number of hydrogen-bond donors (Lipinski definition) is 2. The Morgan fingerprint density at radius 3 is 2.38 bits per heavy atom. The van der Waals surface area contributed by atoms with Gasteiger partial charge in [0.1, 0.15) is 11.7 Å². The zero-order chi connectivity index (χ0) is 31.2. The van der Waals surface area contributed by atoms with E-state index in [1.165, 1.54) is 30.4 Å². The quantitative estimate of drug-likeness (QED) is 0.389. The molecule has 42 heavy (non-hydrogen) atoms. The van der Waals surface area contributed by atoms with Crippen molar-refractivity contribution >= 4 is 29.1 Å². The highest BCUT2D eigenvalue weighted by Crippen LogP contribution is 2.61. The predicted octanol–water partition coefficient (Wildman–Crippen LogP) is 2.22. The summed E-state index contributed by atoms with van der Waals surface area (Å²) in [6.07, 6.45) is 8.62. The fourth-order valence-corrected chi connectivity index (χ4v) is 5.12. The zero-order valence-electron chi connectivity index (χ0n) is 23.9. The topological polar surface area (TPSA) is 142 Å². The summed E-state index contributed by atoms with van der Waals surface area (Å²) in [6.45, 7) is 4.82. The minimum atomic E-state index is -4.94. The molecule has 14 heteroatoms. The minimum absolute atomic E-state index is 0.242. The number of carbonyl (C=O) groups is 3. The lowest BCUT2D eigenvalue weighted by molar-refractivity contribution is -0.174. The molecule has 2 aromatic heterocycles. The van der Waals surface area contributed by atoms with Crippen molar-refractivity contribution < 1.29 is 32.3 Å². The Morgan fingerprint density at radius 2 is 1.93 bits per heavy atom. The number of amides is 3. The first kappa shape index (κ1) is 32.3. The largest absolute Gasteiger partial charge is 0.471 e. The number of pyridine rings is 1. The van der Waals surface area contributed by atoms with Crippen LogP contribution in [0.25, 0.3) is 10.9 Å². The molecule has 5 rings (SSSR count). The number of fused-ring (bicyclic) bond motifs is 2. The zero-order valence-corrected chi connectivity index (χ0v) is 23.9. The smallest absolute Gasteiger partial charge is 0.381 e. The monoisotopic (exact) mass is 589 g/mol. The van der Waals surface area contributed by atoms with E-state index in [9.17, 15) is 27.6 Å². The molecule has 2 saturated carbocycles. The van der Waals surface area contributed by atoms with Gasteiger partial charge in [-0.15, -0.1) is 6.42 Å². The fraction of sp³-hybridized carbons (Fsp3) is 0.571. The predicted molar refractivity (Wildman–Crippen MR) is 145 cm³/mol.